The van der Waals surface area contributed by atoms with Crippen LogP contribution in [0.15, 0.2) is 85.1 Å². The molecule has 186 valence electrons. The highest BCUT2D eigenvalue weighted by Crippen LogP contribution is 2.47. The number of carbonyl (C=O) groups is 1. The molecule has 2 fully saturated rings. The fourth-order valence-electron chi connectivity index (χ4n) is 7.08. The minimum absolute atomic E-state index is 0.0396. The molecule has 37 heavy (non-hydrogen) atoms. The van der Waals surface area contributed by atoms with Crippen molar-refractivity contribution in [3.63, 3.8) is 0 Å². The van der Waals surface area contributed by atoms with Gasteiger partial charge in [-0.3, -0.25) is 4.98 Å². The van der Waals surface area contributed by atoms with E-state index in [-0.39, 0.29) is 24.1 Å². The standard InChI is InChI=1S/C32H30N2O3/c35-31(37-20-29-27-14-5-3-12-25(27)26-13-4-6-15-28(26)29)34-22-9-7-10-23(34)19-32(36,18-22)30-24-11-2-1-8-21(24)16-17-33-30/h1-6,8,11-17,22-23,29,36H,7,9-10,18-20H2. The normalized spacial score (nSPS) is 24.5. The second kappa shape index (κ2) is 8.70. The lowest BCUT2D eigenvalue weighted by atomic mass is 9.73. The lowest BCUT2D eigenvalue weighted by Gasteiger charge is -2.51. The Kier molecular flexibility index (Phi) is 5.29. The maximum atomic E-state index is 13.6. The summed E-state index contributed by atoms with van der Waals surface area (Å²) in [5.41, 5.74) is 4.55. The van der Waals surface area contributed by atoms with Crippen LogP contribution in [0.3, 0.4) is 0 Å². The van der Waals surface area contributed by atoms with E-state index < -0.39 is 5.60 Å². The Labute approximate surface area is 216 Å². The molecule has 5 nitrogen and oxygen atoms in total. The number of amides is 1. The molecule has 4 aromatic rings. The summed E-state index contributed by atoms with van der Waals surface area (Å²) >= 11 is 0. The van der Waals surface area contributed by atoms with Crippen LogP contribution in [0.2, 0.25) is 0 Å². The first kappa shape index (κ1) is 22.5. The number of hydrogen-bond donors (Lipinski definition) is 1. The van der Waals surface area contributed by atoms with Gasteiger partial charge in [-0.15, -0.1) is 0 Å². The first-order valence-corrected chi connectivity index (χ1v) is 13.3. The molecule has 2 aliphatic heterocycles. The van der Waals surface area contributed by atoms with Gasteiger partial charge in [-0.2, -0.15) is 0 Å². The molecule has 1 N–H and O–H groups in total. The molecule has 1 aliphatic carbocycles. The summed E-state index contributed by atoms with van der Waals surface area (Å²) in [6.07, 6.45) is 5.28. The van der Waals surface area contributed by atoms with Gasteiger partial charge in [0.25, 0.3) is 0 Å². The van der Waals surface area contributed by atoms with Gasteiger partial charge in [-0.1, -0.05) is 72.8 Å². The van der Waals surface area contributed by atoms with Crippen LogP contribution in [0.1, 0.15) is 54.8 Å². The average molecular weight is 491 g/mol. The van der Waals surface area contributed by atoms with Gasteiger partial charge in [-0.25, -0.2) is 4.79 Å². The van der Waals surface area contributed by atoms with Crippen molar-refractivity contribution < 1.29 is 14.6 Å². The highest BCUT2D eigenvalue weighted by atomic mass is 16.6. The summed E-state index contributed by atoms with van der Waals surface area (Å²) in [5, 5.41) is 14.0. The fraction of sp³-hybridized carbons (Fsp3) is 0.312. The molecule has 3 aromatic carbocycles. The second-order valence-electron chi connectivity index (χ2n) is 10.8. The second-order valence-corrected chi connectivity index (χ2v) is 10.8. The Balaban J connectivity index is 1.13. The number of aliphatic hydroxyl groups is 1. The summed E-state index contributed by atoms with van der Waals surface area (Å²) < 4.78 is 6.05. The number of benzene rings is 3. The number of nitrogens with zero attached hydrogens (tertiary/aromatic N) is 2. The predicted octanol–water partition coefficient (Wildman–Crippen LogP) is 6.39. The lowest BCUT2D eigenvalue weighted by Crippen LogP contribution is -2.59. The number of rotatable bonds is 3. The SMILES string of the molecule is O=C(OCC1c2ccccc2-c2ccccc21)N1C2CCCC1CC(O)(c1nccc3ccccc13)C2. The molecular formula is C32H30N2O3. The summed E-state index contributed by atoms with van der Waals surface area (Å²) in [5.74, 6) is 0.0396. The van der Waals surface area contributed by atoms with E-state index in [1.165, 1.54) is 22.3 Å². The third-order valence-corrected chi connectivity index (χ3v) is 8.67. The van der Waals surface area contributed by atoms with Gasteiger partial charge in [0.2, 0.25) is 0 Å². The zero-order chi connectivity index (χ0) is 25.0. The highest BCUT2D eigenvalue weighted by molar-refractivity contribution is 5.85. The molecule has 7 rings (SSSR count). The van der Waals surface area contributed by atoms with Gasteiger partial charge in [0.1, 0.15) is 12.2 Å². The van der Waals surface area contributed by atoms with E-state index in [2.05, 4.69) is 59.6 Å². The van der Waals surface area contributed by atoms with Crippen molar-refractivity contribution in [2.24, 2.45) is 0 Å². The van der Waals surface area contributed by atoms with Gasteiger partial charge < -0.3 is 14.7 Å². The van der Waals surface area contributed by atoms with Crippen molar-refractivity contribution in [2.75, 3.05) is 6.61 Å². The largest absolute Gasteiger partial charge is 0.448 e. The van der Waals surface area contributed by atoms with Gasteiger partial charge in [0.05, 0.1) is 5.69 Å². The summed E-state index contributed by atoms with van der Waals surface area (Å²) in [6, 6.07) is 26.7. The molecule has 2 bridgehead atoms. The quantitative estimate of drug-likeness (QED) is 0.362. The van der Waals surface area contributed by atoms with E-state index in [0.29, 0.717) is 19.4 Å². The van der Waals surface area contributed by atoms with E-state index in [4.69, 9.17) is 4.74 Å². The Morgan fingerprint density at radius 3 is 2.22 bits per heavy atom. The maximum Gasteiger partial charge on any atom is 0.410 e. The third kappa shape index (κ3) is 3.64. The van der Waals surface area contributed by atoms with Gasteiger partial charge >= 0.3 is 6.09 Å². The van der Waals surface area contributed by atoms with Gasteiger partial charge in [0, 0.05) is 42.4 Å². The Morgan fingerprint density at radius 2 is 1.51 bits per heavy atom. The first-order valence-electron chi connectivity index (χ1n) is 13.3. The minimum atomic E-state index is -1.06. The van der Waals surface area contributed by atoms with E-state index in [9.17, 15) is 9.90 Å². The molecular weight excluding hydrogens is 460 g/mol. The summed E-state index contributed by atoms with van der Waals surface area (Å²) in [7, 11) is 0. The molecule has 3 heterocycles. The van der Waals surface area contributed by atoms with Gasteiger partial charge in [-0.05, 0) is 53.0 Å². The monoisotopic (exact) mass is 490 g/mol. The number of carbonyl (C=O) groups excluding carboxylic acids is 1. The smallest absolute Gasteiger partial charge is 0.410 e. The lowest BCUT2D eigenvalue weighted by molar-refractivity contribution is -0.0904. The molecule has 0 radical (unpaired) electrons. The van der Waals surface area contributed by atoms with E-state index in [1.807, 2.05) is 29.2 Å². The van der Waals surface area contributed by atoms with Crippen molar-refractivity contribution in [2.45, 2.75) is 55.7 Å². The molecule has 5 heteroatoms. The van der Waals surface area contributed by atoms with Crippen molar-refractivity contribution >= 4 is 16.9 Å². The molecule has 2 atom stereocenters. The fourth-order valence-corrected chi connectivity index (χ4v) is 7.08. The molecule has 1 amide bonds. The number of ether oxygens (including phenoxy) is 1. The number of aromatic nitrogens is 1. The highest BCUT2D eigenvalue weighted by Gasteiger charge is 2.50. The number of fused-ring (bicyclic) bond motifs is 6. The van der Waals surface area contributed by atoms with E-state index in [0.717, 1.165) is 35.7 Å². The van der Waals surface area contributed by atoms with Crippen molar-refractivity contribution in [1.82, 2.24) is 9.88 Å². The molecule has 1 aromatic heterocycles. The van der Waals surface area contributed by atoms with Crippen LogP contribution in [0.5, 0.6) is 0 Å². The van der Waals surface area contributed by atoms with Crippen LogP contribution in [0, 0.1) is 0 Å². The Hall–Kier alpha value is -3.70. The summed E-state index contributed by atoms with van der Waals surface area (Å²) in [6.45, 7) is 0.317. The predicted molar refractivity (Wildman–Crippen MR) is 143 cm³/mol. The van der Waals surface area contributed by atoms with Crippen LogP contribution in [-0.2, 0) is 10.3 Å². The number of piperidine rings is 2. The average Bonchev–Trinajstić information content (AvgIpc) is 3.24. The van der Waals surface area contributed by atoms with Crippen molar-refractivity contribution in [1.29, 1.82) is 0 Å². The molecule has 2 saturated heterocycles. The number of hydrogen-bond acceptors (Lipinski definition) is 4. The van der Waals surface area contributed by atoms with Crippen LogP contribution < -0.4 is 0 Å². The first-order chi connectivity index (χ1) is 18.1. The van der Waals surface area contributed by atoms with Crippen molar-refractivity contribution in [3.8, 4) is 11.1 Å². The van der Waals surface area contributed by atoms with Gasteiger partial charge in [0.15, 0.2) is 0 Å². The van der Waals surface area contributed by atoms with Crippen LogP contribution in [-0.4, -0.2) is 39.8 Å². The van der Waals surface area contributed by atoms with Crippen LogP contribution in [0.25, 0.3) is 21.9 Å². The molecule has 3 aliphatic rings. The molecule has 0 saturated carbocycles. The van der Waals surface area contributed by atoms with E-state index >= 15 is 0 Å². The molecule has 2 unspecified atom stereocenters. The van der Waals surface area contributed by atoms with Crippen molar-refractivity contribution in [3.05, 3.63) is 102 Å². The third-order valence-electron chi connectivity index (χ3n) is 8.67. The van der Waals surface area contributed by atoms with Crippen LogP contribution in [0.4, 0.5) is 4.79 Å². The topological polar surface area (TPSA) is 62.7 Å². The maximum absolute atomic E-state index is 13.6. The van der Waals surface area contributed by atoms with E-state index in [1.54, 1.807) is 6.20 Å². The van der Waals surface area contributed by atoms with Crippen LogP contribution >= 0.6 is 0 Å². The Morgan fingerprint density at radius 1 is 0.892 bits per heavy atom. The minimum Gasteiger partial charge on any atom is -0.448 e. The summed E-state index contributed by atoms with van der Waals surface area (Å²) in [4.78, 5) is 20.1. The Bertz CT molecular complexity index is 1430. The molecule has 0 spiro atoms. The number of pyridine rings is 1. The zero-order valence-corrected chi connectivity index (χ0v) is 20.7. The zero-order valence-electron chi connectivity index (χ0n) is 20.7.